The van der Waals surface area contributed by atoms with Crippen LogP contribution in [0.1, 0.15) is 11.1 Å². The molecule has 0 spiro atoms. The van der Waals surface area contributed by atoms with Gasteiger partial charge in [0.2, 0.25) is 0 Å². The van der Waals surface area contributed by atoms with Crippen LogP contribution >= 0.6 is 0 Å². The topological polar surface area (TPSA) is 109 Å². The number of aryl methyl sites for hydroxylation is 2. The van der Waals surface area contributed by atoms with Gasteiger partial charge < -0.3 is 9.97 Å². The lowest BCUT2D eigenvalue weighted by Crippen LogP contribution is -1.82. The molecule has 0 aliphatic carbocycles. The molecule has 0 unspecified atom stereocenters. The summed E-state index contributed by atoms with van der Waals surface area (Å²) in [5, 5.41) is 1.95. The maximum absolute atomic E-state index is 4.88. The summed E-state index contributed by atoms with van der Waals surface area (Å²) in [7, 11) is 0. The molecular formula is C24H18N8. The highest BCUT2D eigenvalue weighted by molar-refractivity contribution is 6.04. The molecule has 32 heavy (non-hydrogen) atoms. The fraction of sp³-hybridized carbons (Fsp3) is 0.0833. The zero-order chi connectivity index (χ0) is 21.7. The molecule has 154 valence electrons. The third kappa shape index (κ3) is 2.84. The number of nitrogens with zero attached hydrogens (tertiary/aromatic N) is 6. The van der Waals surface area contributed by atoms with Crippen LogP contribution < -0.4 is 0 Å². The molecule has 0 saturated carbocycles. The van der Waals surface area contributed by atoms with Crippen LogP contribution in [0, 0.1) is 13.8 Å². The van der Waals surface area contributed by atoms with Crippen LogP contribution in [0.3, 0.4) is 0 Å². The Hall–Kier alpha value is -4.46. The van der Waals surface area contributed by atoms with Gasteiger partial charge in [-0.15, -0.1) is 0 Å². The number of H-pyrrole nitrogens is 2. The Morgan fingerprint density at radius 2 is 1.16 bits per heavy atom. The number of hydrogen-bond acceptors (Lipinski definition) is 6. The summed E-state index contributed by atoms with van der Waals surface area (Å²) in [4.78, 5) is 34.2. The molecule has 0 atom stereocenters. The van der Waals surface area contributed by atoms with Crippen molar-refractivity contribution in [3.63, 3.8) is 0 Å². The number of aromatic amines is 2. The first-order valence-corrected chi connectivity index (χ1v) is 10.2. The summed E-state index contributed by atoms with van der Waals surface area (Å²) in [5.41, 5.74) is 6.79. The van der Waals surface area contributed by atoms with Crippen molar-refractivity contribution in [3.05, 3.63) is 72.3 Å². The largest absolute Gasteiger partial charge is 0.324 e. The molecule has 4 heterocycles. The summed E-state index contributed by atoms with van der Waals surface area (Å²) in [5.74, 6) is 1.18. The van der Waals surface area contributed by atoms with E-state index in [1.165, 1.54) is 12.7 Å². The minimum atomic E-state index is 0.571. The molecule has 6 bridgehead atoms. The Balaban J connectivity index is 1.76. The fourth-order valence-electron chi connectivity index (χ4n) is 3.92. The highest BCUT2D eigenvalue weighted by Gasteiger charge is 2.18. The first-order chi connectivity index (χ1) is 15.7. The van der Waals surface area contributed by atoms with E-state index in [0.29, 0.717) is 17.3 Å². The number of nitrogens with one attached hydrogen (secondary N) is 2. The minimum absolute atomic E-state index is 0.571. The van der Waals surface area contributed by atoms with E-state index < -0.39 is 0 Å². The fourth-order valence-corrected chi connectivity index (χ4v) is 3.92. The van der Waals surface area contributed by atoms with Gasteiger partial charge >= 0.3 is 0 Å². The molecule has 3 aromatic heterocycles. The predicted molar refractivity (Wildman–Crippen MR) is 124 cm³/mol. The maximum Gasteiger partial charge on any atom is 0.164 e. The van der Waals surface area contributed by atoms with Gasteiger partial charge in [0.05, 0.1) is 0 Å². The molecule has 8 heteroatoms. The van der Waals surface area contributed by atoms with Crippen molar-refractivity contribution in [2.75, 3.05) is 0 Å². The van der Waals surface area contributed by atoms with E-state index in [0.717, 1.165) is 50.0 Å². The molecule has 0 saturated heterocycles. The predicted octanol–water partition coefficient (Wildman–Crippen LogP) is 4.69. The molecule has 1 aliphatic heterocycles. The third-order valence-corrected chi connectivity index (χ3v) is 5.75. The summed E-state index contributed by atoms with van der Waals surface area (Å²) in [6.07, 6.45) is 2.92. The van der Waals surface area contributed by atoms with Crippen LogP contribution in [0.4, 0.5) is 0 Å². The number of hydrogen-bond donors (Lipinski definition) is 2. The monoisotopic (exact) mass is 418 g/mol. The van der Waals surface area contributed by atoms with Crippen LogP contribution in [-0.4, -0.2) is 39.9 Å². The molecule has 0 fully saturated rings. The minimum Gasteiger partial charge on any atom is -0.324 e. The van der Waals surface area contributed by atoms with Gasteiger partial charge in [-0.2, -0.15) is 0 Å². The lowest BCUT2D eigenvalue weighted by atomic mass is 10.1. The number of benzene rings is 2. The SMILES string of the molecule is Cc1c(C)c2nc3[nH]c(ncncnc4nc(nc1[nH]2)-c1ccccc1-4)c1ccccc31. The second-order valence-electron chi connectivity index (χ2n) is 7.61. The lowest BCUT2D eigenvalue weighted by molar-refractivity contribution is 1.12. The standard InChI is InChI=1S/C24H18N8/c1-13-14(2)20-28-19(13)29-23-17-9-5-3-7-15(17)21(31-23)26-11-25-12-27-22-16-8-4-6-10-18(16)24(30-20)32-22/h3-12H,1-2H3,(H2,25,26,27,28,29,30,31,32). The van der Waals surface area contributed by atoms with Crippen LogP contribution in [0.25, 0.3) is 56.1 Å². The van der Waals surface area contributed by atoms with E-state index in [-0.39, 0.29) is 0 Å². The van der Waals surface area contributed by atoms with E-state index in [4.69, 9.17) is 9.97 Å². The zero-order valence-electron chi connectivity index (χ0n) is 17.5. The lowest BCUT2D eigenvalue weighted by Gasteiger charge is -1.95. The number of fused-ring (bicyclic) bond motifs is 12. The smallest absolute Gasteiger partial charge is 0.164 e. The number of aromatic nitrogens is 8. The van der Waals surface area contributed by atoms with Crippen LogP contribution in [0.5, 0.6) is 0 Å². The van der Waals surface area contributed by atoms with Gasteiger partial charge in [0.1, 0.15) is 35.2 Å². The Labute approximate surface area is 182 Å². The van der Waals surface area contributed by atoms with Gasteiger partial charge in [-0.1, -0.05) is 48.5 Å². The van der Waals surface area contributed by atoms with Crippen LogP contribution in [-0.2, 0) is 0 Å². The van der Waals surface area contributed by atoms with Gasteiger partial charge in [-0.25, -0.2) is 29.9 Å². The maximum atomic E-state index is 4.88. The van der Waals surface area contributed by atoms with Crippen LogP contribution in [0.2, 0.25) is 0 Å². The van der Waals surface area contributed by atoms with Crippen molar-refractivity contribution in [1.29, 1.82) is 0 Å². The van der Waals surface area contributed by atoms with E-state index in [1.807, 2.05) is 62.4 Å². The van der Waals surface area contributed by atoms with E-state index in [2.05, 4.69) is 29.9 Å². The Morgan fingerprint density at radius 1 is 0.562 bits per heavy atom. The van der Waals surface area contributed by atoms with E-state index >= 15 is 0 Å². The van der Waals surface area contributed by atoms with Crippen molar-refractivity contribution < 1.29 is 0 Å². The Kier molecular flexibility index (Phi) is 4.04. The summed E-state index contributed by atoms with van der Waals surface area (Å²) >= 11 is 0. The van der Waals surface area contributed by atoms with E-state index in [1.54, 1.807) is 0 Å². The van der Waals surface area contributed by atoms with Crippen molar-refractivity contribution in [2.45, 2.75) is 13.8 Å². The van der Waals surface area contributed by atoms with Crippen molar-refractivity contribution in [1.82, 2.24) is 39.9 Å². The normalized spacial score (nSPS) is 11.4. The van der Waals surface area contributed by atoms with Gasteiger partial charge in [0.25, 0.3) is 0 Å². The molecule has 5 aromatic rings. The molecule has 2 aromatic carbocycles. The van der Waals surface area contributed by atoms with Gasteiger partial charge in [0.15, 0.2) is 11.6 Å². The molecule has 8 nitrogen and oxygen atoms in total. The molecule has 0 amide bonds. The van der Waals surface area contributed by atoms with Crippen molar-refractivity contribution >= 4 is 33.4 Å². The summed E-state index contributed by atoms with van der Waals surface area (Å²) < 4.78 is 0. The quantitative estimate of drug-likeness (QED) is 0.371. The summed E-state index contributed by atoms with van der Waals surface area (Å²) in [6, 6.07) is 15.9. The Bertz CT molecular complexity index is 1660. The second-order valence-corrected chi connectivity index (χ2v) is 7.61. The molecule has 2 N–H and O–H groups in total. The van der Waals surface area contributed by atoms with Crippen molar-refractivity contribution in [2.24, 2.45) is 0 Å². The Morgan fingerprint density at radius 3 is 1.94 bits per heavy atom. The third-order valence-electron chi connectivity index (χ3n) is 5.75. The van der Waals surface area contributed by atoms with Gasteiger partial charge in [-0.05, 0) is 25.0 Å². The molecular weight excluding hydrogens is 400 g/mol. The average Bonchev–Trinajstić information content (AvgIpc) is 3.43. The van der Waals surface area contributed by atoms with Gasteiger partial charge in [-0.3, -0.25) is 0 Å². The highest BCUT2D eigenvalue weighted by Crippen LogP contribution is 2.32. The first kappa shape index (κ1) is 18.3. The molecule has 1 aliphatic rings. The highest BCUT2D eigenvalue weighted by atomic mass is 15.0. The zero-order valence-corrected chi connectivity index (χ0v) is 17.5. The molecule has 6 rings (SSSR count). The van der Waals surface area contributed by atoms with Gasteiger partial charge in [0, 0.05) is 21.9 Å². The molecule has 0 radical (unpaired) electrons. The second kappa shape index (κ2) is 7.05. The van der Waals surface area contributed by atoms with E-state index in [9.17, 15) is 0 Å². The average molecular weight is 418 g/mol. The van der Waals surface area contributed by atoms with Crippen molar-refractivity contribution in [3.8, 4) is 22.8 Å². The number of rotatable bonds is 0. The van der Waals surface area contributed by atoms with Crippen LogP contribution in [0.15, 0.2) is 61.2 Å². The summed E-state index contributed by atoms with van der Waals surface area (Å²) in [6.45, 7) is 4.07. The first-order valence-electron chi connectivity index (χ1n) is 10.2.